The van der Waals surface area contributed by atoms with Gasteiger partial charge in [0.25, 0.3) is 5.91 Å². The van der Waals surface area contributed by atoms with Gasteiger partial charge in [-0.25, -0.2) is 0 Å². The number of carbonyl (C=O) groups is 1. The van der Waals surface area contributed by atoms with Crippen LogP contribution in [0.4, 0.5) is 5.69 Å². The van der Waals surface area contributed by atoms with Gasteiger partial charge in [0.2, 0.25) is 0 Å². The Kier molecular flexibility index (Phi) is 3.88. The molecule has 2 aliphatic rings. The van der Waals surface area contributed by atoms with Crippen LogP contribution in [0.2, 0.25) is 0 Å². The molecular formula is C21H21N3O. The van der Waals surface area contributed by atoms with Crippen LogP contribution in [-0.4, -0.2) is 36.7 Å². The van der Waals surface area contributed by atoms with E-state index in [0.717, 1.165) is 41.3 Å². The van der Waals surface area contributed by atoms with Crippen LogP contribution in [0.5, 0.6) is 0 Å². The summed E-state index contributed by atoms with van der Waals surface area (Å²) in [7, 11) is 1.98. The molecule has 4 nitrogen and oxygen atoms in total. The quantitative estimate of drug-likeness (QED) is 0.845. The number of amides is 1. The van der Waals surface area contributed by atoms with Gasteiger partial charge in [-0.3, -0.25) is 14.7 Å². The highest BCUT2D eigenvalue weighted by molar-refractivity contribution is 6.18. The van der Waals surface area contributed by atoms with Crippen LogP contribution in [0.1, 0.15) is 18.5 Å². The Balaban J connectivity index is 1.94. The smallest absolute Gasteiger partial charge is 0.275 e. The minimum Gasteiger partial charge on any atom is -0.368 e. The molecular weight excluding hydrogens is 310 g/mol. The Bertz CT molecular complexity index is 855. The fourth-order valence-corrected chi connectivity index (χ4v) is 3.71. The maximum absolute atomic E-state index is 13.4. The van der Waals surface area contributed by atoms with Crippen molar-refractivity contribution in [3.05, 3.63) is 77.5 Å². The first-order valence-electron chi connectivity index (χ1n) is 8.59. The minimum atomic E-state index is -0.143. The second-order valence-corrected chi connectivity index (χ2v) is 6.47. The molecule has 0 saturated carbocycles. The van der Waals surface area contributed by atoms with Crippen molar-refractivity contribution in [3.63, 3.8) is 0 Å². The standard InChI is InChI=1S/C21H21N3O/c1-15-18-19(16-9-5-3-6-10-16)24(17-11-7-4-8-12-17)21(25)20(18)23(2)14-13-22-15/h3-12,19H,13-14H2,1-2H3. The summed E-state index contributed by atoms with van der Waals surface area (Å²) in [6, 6.07) is 20.0. The third kappa shape index (κ3) is 2.54. The van der Waals surface area contributed by atoms with E-state index in [-0.39, 0.29) is 11.9 Å². The normalized spacial score (nSPS) is 20.5. The highest BCUT2D eigenvalue weighted by Gasteiger charge is 2.44. The Morgan fingerprint density at radius 3 is 2.32 bits per heavy atom. The second-order valence-electron chi connectivity index (χ2n) is 6.47. The van der Waals surface area contributed by atoms with E-state index >= 15 is 0 Å². The van der Waals surface area contributed by atoms with Gasteiger partial charge in [-0.15, -0.1) is 0 Å². The lowest BCUT2D eigenvalue weighted by molar-refractivity contribution is -0.116. The molecule has 0 aliphatic carbocycles. The molecule has 0 N–H and O–H groups in total. The molecule has 0 radical (unpaired) electrons. The Morgan fingerprint density at radius 2 is 1.64 bits per heavy atom. The van der Waals surface area contributed by atoms with E-state index in [0.29, 0.717) is 0 Å². The third-order valence-electron chi connectivity index (χ3n) is 4.91. The molecule has 0 bridgehead atoms. The van der Waals surface area contributed by atoms with Crippen molar-refractivity contribution >= 4 is 17.3 Å². The summed E-state index contributed by atoms with van der Waals surface area (Å²) in [5.41, 5.74) is 4.78. The number of hydrogen-bond acceptors (Lipinski definition) is 3. The van der Waals surface area contributed by atoms with Crippen molar-refractivity contribution in [2.45, 2.75) is 13.0 Å². The molecule has 1 atom stereocenters. The minimum absolute atomic E-state index is 0.0500. The Hall–Kier alpha value is -2.88. The third-order valence-corrected chi connectivity index (χ3v) is 4.91. The predicted octanol–water partition coefficient (Wildman–Crippen LogP) is 3.43. The van der Waals surface area contributed by atoms with E-state index in [1.807, 2.05) is 67.4 Å². The van der Waals surface area contributed by atoms with Gasteiger partial charge in [-0.2, -0.15) is 0 Å². The summed E-state index contributed by atoms with van der Waals surface area (Å²) in [6.07, 6.45) is 0. The summed E-state index contributed by atoms with van der Waals surface area (Å²) in [4.78, 5) is 22.1. The average molecular weight is 331 g/mol. The van der Waals surface area contributed by atoms with Crippen molar-refractivity contribution in [2.24, 2.45) is 4.99 Å². The van der Waals surface area contributed by atoms with E-state index in [4.69, 9.17) is 4.99 Å². The topological polar surface area (TPSA) is 35.9 Å². The zero-order valence-corrected chi connectivity index (χ0v) is 14.5. The first kappa shape index (κ1) is 15.6. The first-order valence-corrected chi connectivity index (χ1v) is 8.59. The number of benzene rings is 2. The lowest BCUT2D eigenvalue weighted by Gasteiger charge is -2.28. The zero-order valence-electron chi connectivity index (χ0n) is 14.5. The highest BCUT2D eigenvalue weighted by atomic mass is 16.2. The fourth-order valence-electron chi connectivity index (χ4n) is 3.71. The molecule has 0 fully saturated rings. The lowest BCUT2D eigenvalue weighted by Crippen LogP contribution is -2.34. The predicted molar refractivity (Wildman–Crippen MR) is 101 cm³/mol. The number of hydrogen-bond donors (Lipinski definition) is 0. The van der Waals surface area contributed by atoms with Crippen LogP contribution < -0.4 is 4.90 Å². The molecule has 126 valence electrons. The molecule has 0 aromatic heterocycles. The van der Waals surface area contributed by atoms with Crippen LogP contribution >= 0.6 is 0 Å². The number of anilines is 1. The maximum Gasteiger partial charge on any atom is 0.275 e. The van der Waals surface area contributed by atoms with Gasteiger partial charge in [0.05, 0.1) is 12.6 Å². The molecule has 0 spiro atoms. The molecule has 1 amide bonds. The maximum atomic E-state index is 13.4. The van der Waals surface area contributed by atoms with E-state index in [1.54, 1.807) is 0 Å². The average Bonchev–Trinajstić information content (AvgIpc) is 2.87. The summed E-state index contributed by atoms with van der Waals surface area (Å²) < 4.78 is 0. The van der Waals surface area contributed by atoms with Crippen LogP contribution in [0, 0.1) is 0 Å². The number of likely N-dealkylation sites (N-methyl/N-ethyl adjacent to an activating group) is 1. The van der Waals surface area contributed by atoms with E-state index in [1.165, 1.54) is 0 Å². The monoisotopic (exact) mass is 331 g/mol. The molecule has 4 heteroatoms. The number of aliphatic imine (C=N–C) groups is 1. The molecule has 4 rings (SSSR count). The van der Waals surface area contributed by atoms with Gasteiger partial charge >= 0.3 is 0 Å². The van der Waals surface area contributed by atoms with Gasteiger partial charge in [-0.1, -0.05) is 48.5 Å². The van der Waals surface area contributed by atoms with Crippen molar-refractivity contribution in [3.8, 4) is 0 Å². The molecule has 1 unspecified atom stereocenters. The number of rotatable bonds is 2. The van der Waals surface area contributed by atoms with E-state index < -0.39 is 0 Å². The van der Waals surface area contributed by atoms with Gasteiger partial charge in [0.1, 0.15) is 5.70 Å². The summed E-state index contributed by atoms with van der Waals surface area (Å²) in [5.74, 6) is 0.0500. The van der Waals surface area contributed by atoms with Crippen molar-refractivity contribution < 1.29 is 4.79 Å². The van der Waals surface area contributed by atoms with E-state index in [9.17, 15) is 4.79 Å². The first-order chi connectivity index (χ1) is 12.2. The van der Waals surface area contributed by atoms with Gasteiger partial charge in [-0.05, 0) is 24.6 Å². The SMILES string of the molecule is CC1=NCCN(C)C2=C1C(c1ccccc1)N(c1ccccc1)C2=O. The molecule has 0 saturated heterocycles. The zero-order chi connectivity index (χ0) is 17.4. The van der Waals surface area contributed by atoms with Crippen LogP contribution in [0.25, 0.3) is 0 Å². The van der Waals surface area contributed by atoms with Gasteiger partial charge in [0, 0.05) is 30.6 Å². The molecule has 25 heavy (non-hydrogen) atoms. The summed E-state index contributed by atoms with van der Waals surface area (Å²) >= 11 is 0. The fraction of sp³-hybridized carbons (Fsp3) is 0.238. The number of carbonyl (C=O) groups excluding carboxylic acids is 1. The largest absolute Gasteiger partial charge is 0.368 e. The Labute approximate surface area is 148 Å². The summed E-state index contributed by atoms with van der Waals surface area (Å²) in [6.45, 7) is 3.49. The molecule has 2 heterocycles. The highest BCUT2D eigenvalue weighted by Crippen LogP contribution is 2.42. The molecule has 2 aromatic carbocycles. The lowest BCUT2D eigenvalue weighted by atomic mass is 9.95. The van der Waals surface area contributed by atoms with Crippen molar-refractivity contribution in [1.29, 1.82) is 0 Å². The van der Waals surface area contributed by atoms with E-state index in [2.05, 4.69) is 17.0 Å². The van der Waals surface area contributed by atoms with Gasteiger partial charge < -0.3 is 4.90 Å². The van der Waals surface area contributed by atoms with Crippen molar-refractivity contribution in [2.75, 3.05) is 25.0 Å². The number of nitrogens with zero attached hydrogens (tertiary/aromatic N) is 3. The molecule has 2 aromatic rings. The summed E-state index contributed by atoms with van der Waals surface area (Å²) in [5, 5.41) is 0. The Morgan fingerprint density at radius 1 is 1.00 bits per heavy atom. The molecule has 2 aliphatic heterocycles. The van der Waals surface area contributed by atoms with Gasteiger partial charge in [0.15, 0.2) is 0 Å². The van der Waals surface area contributed by atoms with Crippen LogP contribution in [-0.2, 0) is 4.79 Å². The number of para-hydroxylation sites is 1. The van der Waals surface area contributed by atoms with Crippen LogP contribution in [0.3, 0.4) is 0 Å². The second kappa shape index (κ2) is 6.20. The van der Waals surface area contributed by atoms with Crippen molar-refractivity contribution in [1.82, 2.24) is 4.90 Å². The van der Waals surface area contributed by atoms with Crippen LogP contribution in [0.15, 0.2) is 76.9 Å².